The number of carbonyl (C=O) groups is 1. The maximum atomic E-state index is 11.8. The molecule has 0 saturated heterocycles. The number of benzene rings is 1. The summed E-state index contributed by atoms with van der Waals surface area (Å²) in [6.07, 6.45) is 0.842. The second-order valence-corrected chi connectivity index (χ2v) is 5.35. The van der Waals surface area contributed by atoms with Crippen LogP contribution in [0, 0.1) is 5.92 Å². The van der Waals surface area contributed by atoms with Crippen molar-refractivity contribution in [1.29, 1.82) is 0 Å². The third-order valence-corrected chi connectivity index (χ3v) is 2.78. The Bertz CT molecular complexity index is 470. The summed E-state index contributed by atoms with van der Waals surface area (Å²) in [5, 5.41) is 4.84. The molecule has 0 spiro atoms. The minimum atomic E-state index is -0.334. The first-order valence-electron chi connectivity index (χ1n) is 5.68. The van der Waals surface area contributed by atoms with E-state index in [9.17, 15) is 4.79 Å². The van der Waals surface area contributed by atoms with Gasteiger partial charge in [0, 0.05) is 10.7 Å². The van der Waals surface area contributed by atoms with Crippen molar-refractivity contribution in [3.8, 4) is 0 Å². The zero-order chi connectivity index (χ0) is 13.7. The zero-order valence-corrected chi connectivity index (χ0v) is 12.1. The summed E-state index contributed by atoms with van der Waals surface area (Å²) in [5.74, 6) is 0.171. The van der Waals surface area contributed by atoms with Gasteiger partial charge >= 0.3 is 0 Å². The van der Waals surface area contributed by atoms with Crippen molar-refractivity contribution in [3.63, 3.8) is 0 Å². The van der Waals surface area contributed by atoms with Gasteiger partial charge in [0.25, 0.3) is 5.91 Å². The summed E-state index contributed by atoms with van der Waals surface area (Å²) in [6.45, 7) is 6.07. The average Bonchev–Trinajstić information content (AvgIpc) is 2.25. The Morgan fingerprint density at radius 2 is 2.06 bits per heavy atom. The highest BCUT2D eigenvalue weighted by Crippen LogP contribution is 2.20. The molecule has 0 heterocycles. The monoisotopic (exact) mass is 286 g/mol. The van der Waals surface area contributed by atoms with Crippen LogP contribution in [0.25, 0.3) is 0 Å². The smallest absolute Gasteiger partial charge is 0.267 e. The lowest BCUT2D eigenvalue weighted by atomic mass is 10.1. The predicted molar refractivity (Wildman–Crippen MR) is 76.5 cm³/mol. The van der Waals surface area contributed by atoms with Gasteiger partial charge in [-0.2, -0.15) is 5.10 Å². The fourth-order valence-corrected chi connectivity index (χ4v) is 2.01. The summed E-state index contributed by atoms with van der Waals surface area (Å²) in [7, 11) is 0. The van der Waals surface area contributed by atoms with E-state index >= 15 is 0 Å². The topological polar surface area (TPSA) is 41.5 Å². The van der Waals surface area contributed by atoms with Crippen LogP contribution < -0.4 is 5.43 Å². The molecule has 3 nitrogen and oxygen atoms in total. The van der Waals surface area contributed by atoms with E-state index in [1.807, 2.05) is 6.92 Å². The summed E-state index contributed by atoms with van der Waals surface area (Å²) in [5.41, 5.74) is 3.73. The normalized spacial score (nSPS) is 11.8. The van der Waals surface area contributed by atoms with Crippen LogP contribution in [0.4, 0.5) is 0 Å². The van der Waals surface area contributed by atoms with E-state index in [2.05, 4.69) is 24.4 Å². The SMILES string of the molecule is C/C(CC(C)C)=N\NC(=O)c1ccc(Cl)cc1Cl. The largest absolute Gasteiger partial charge is 0.272 e. The lowest BCUT2D eigenvalue weighted by Gasteiger charge is -2.06. The van der Waals surface area contributed by atoms with E-state index in [0.717, 1.165) is 12.1 Å². The first kappa shape index (κ1) is 15.0. The number of nitrogens with zero attached hydrogens (tertiary/aromatic N) is 1. The molecule has 0 saturated carbocycles. The molecule has 1 rings (SSSR count). The molecule has 98 valence electrons. The predicted octanol–water partition coefficient (Wildman–Crippen LogP) is 4.15. The average molecular weight is 287 g/mol. The van der Waals surface area contributed by atoms with Gasteiger partial charge in [-0.1, -0.05) is 37.0 Å². The lowest BCUT2D eigenvalue weighted by Crippen LogP contribution is -2.19. The number of hydrogen-bond acceptors (Lipinski definition) is 2. The molecule has 0 atom stereocenters. The Morgan fingerprint density at radius 1 is 1.39 bits per heavy atom. The van der Waals surface area contributed by atoms with Gasteiger partial charge in [-0.25, -0.2) is 5.43 Å². The van der Waals surface area contributed by atoms with Crippen molar-refractivity contribution >= 4 is 34.8 Å². The van der Waals surface area contributed by atoms with Crippen molar-refractivity contribution in [2.75, 3.05) is 0 Å². The van der Waals surface area contributed by atoms with Crippen molar-refractivity contribution < 1.29 is 4.79 Å². The molecule has 5 heteroatoms. The van der Waals surface area contributed by atoms with E-state index in [0.29, 0.717) is 21.5 Å². The second kappa shape index (κ2) is 6.76. The number of carbonyl (C=O) groups excluding carboxylic acids is 1. The Balaban J connectivity index is 2.71. The third kappa shape index (κ3) is 4.67. The summed E-state index contributed by atoms with van der Waals surface area (Å²) in [6, 6.07) is 4.73. The van der Waals surface area contributed by atoms with Crippen LogP contribution in [0.2, 0.25) is 10.0 Å². The highest BCUT2D eigenvalue weighted by molar-refractivity contribution is 6.36. The number of amides is 1. The molecule has 1 amide bonds. The fourth-order valence-electron chi connectivity index (χ4n) is 1.52. The van der Waals surface area contributed by atoms with Gasteiger partial charge in [-0.3, -0.25) is 4.79 Å². The molecule has 0 aliphatic rings. The van der Waals surface area contributed by atoms with E-state index in [-0.39, 0.29) is 5.91 Å². The van der Waals surface area contributed by atoms with E-state index < -0.39 is 0 Å². The minimum absolute atomic E-state index is 0.316. The Morgan fingerprint density at radius 3 is 2.61 bits per heavy atom. The first-order valence-corrected chi connectivity index (χ1v) is 6.44. The molecule has 0 fully saturated rings. The highest BCUT2D eigenvalue weighted by atomic mass is 35.5. The number of hydrazone groups is 1. The van der Waals surface area contributed by atoms with E-state index in [1.165, 1.54) is 6.07 Å². The molecule has 1 aromatic carbocycles. The van der Waals surface area contributed by atoms with Crippen molar-refractivity contribution in [2.45, 2.75) is 27.2 Å². The molecule has 1 N–H and O–H groups in total. The number of halogens is 2. The molecule has 0 radical (unpaired) electrons. The van der Waals surface area contributed by atoms with E-state index in [1.54, 1.807) is 12.1 Å². The second-order valence-electron chi connectivity index (χ2n) is 4.51. The highest BCUT2D eigenvalue weighted by Gasteiger charge is 2.10. The number of rotatable bonds is 4. The van der Waals surface area contributed by atoms with Crippen LogP contribution in [0.1, 0.15) is 37.6 Å². The van der Waals surface area contributed by atoms with Crippen LogP contribution in [-0.4, -0.2) is 11.6 Å². The van der Waals surface area contributed by atoms with Gasteiger partial charge in [-0.15, -0.1) is 0 Å². The molecule has 0 aromatic heterocycles. The third-order valence-electron chi connectivity index (χ3n) is 2.23. The minimum Gasteiger partial charge on any atom is -0.267 e. The molecule has 0 bridgehead atoms. The lowest BCUT2D eigenvalue weighted by molar-refractivity contribution is 0.0955. The van der Waals surface area contributed by atoms with Crippen LogP contribution >= 0.6 is 23.2 Å². The summed E-state index contributed by atoms with van der Waals surface area (Å²) < 4.78 is 0. The maximum Gasteiger partial charge on any atom is 0.272 e. The molecule has 0 aliphatic carbocycles. The van der Waals surface area contributed by atoms with Gasteiger partial charge in [0.15, 0.2) is 0 Å². The molecule has 18 heavy (non-hydrogen) atoms. The number of hydrogen-bond donors (Lipinski definition) is 1. The van der Waals surface area contributed by atoms with Gasteiger partial charge in [0.05, 0.1) is 10.6 Å². The van der Waals surface area contributed by atoms with Crippen molar-refractivity contribution in [1.82, 2.24) is 5.43 Å². The molecule has 1 aromatic rings. The Labute approximate surface area is 117 Å². The molecule has 0 aliphatic heterocycles. The van der Waals surface area contributed by atoms with Crippen LogP contribution in [0.15, 0.2) is 23.3 Å². The fraction of sp³-hybridized carbons (Fsp3) is 0.385. The van der Waals surface area contributed by atoms with Crippen molar-refractivity contribution in [3.05, 3.63) is 33.8 Å². The first-order chi connectivity index (χ1) is 8.40. The van der Waals surface area contributed by atoms with Crippen LogP contribution in [-0.2, 0) is 0 Å². The van der Waals surface area contributed by atoms with Gasteiger partial charge in [-0.05, 0) is 37.5 Å². The van der Waals surface area contributed by atoms with Gasteiger partial charge in [0.1, 0.15) is 0 Å². The standard InChI is InChI=1S/C13H16Cl2N2O/c1-8(2)6-9(3)16-17-13(18)11-5-4-10(14)7-12(11)15/h4-5,7-8H,6H2,1-3H3,(H,17,18)/b16-9+. The zero-order valence-electron chi connectivity index (χ0n) is 10.6. The maximum absolute atomic E-state index is 11.8. The van der Waals surface area contributed by atoms with Gasteiger partial charge < -0.3 is 0 Å². The molecule has 0 unspecified atom stereocenters. The number of nitrogens with one attached hydrogen (secondary N) is 1. The molecular weight excluding hydrogens is 271 g/mol. The van der Waals surface area contributed by atoms with Crippen LogP contribution in [0.3, 0.4) is 0 Å². The van der Waals surface area contributed by atoms with Crippen molar-refractivity contribution in [2.24, 2.45) is 11.0 Å². The Kier molecular flexibility index (Phi) is 5.63. The quantitative estimate of drug-likeness (QED) is 0.656. The van der Waals surface area contributed by atoms with Crippen LogP contribution in [0.5, 0.6) is 0 Å². The molecular formula is C13H16Cl2N2O. The summed E-state index contributed by atoms with van der Waals surface area (Å²) in [4.78, 5) is 11.8. The summed E-state index contributed by atoms with van der Waals surface area (Å²) >= 11 is 11.7. The van der Waals surface area contributed by atoms with E-state index in [4.69, 9.17) is 23.2 Å². The van der Waals surface area contributed by atoms with Gasteiger partial charge in [0.2, 0.25) is 0 Å². The Hall–Kier alpha value is -1.06.